The van der Waals surface area contributed by atoms with Crippen LogP contribution in [-0.4, -0.2) is 92.8 Å². The number of benzene rings is 2. The Morgan fingerprint density at radius 1 is 1.07 bits per heavy atom. The van der Waals surface area contributed by atoms with Crippen LogP contribution >= 0.6 is 0 Å². The molecule has 0 spiro atoms. The molecule has 1 aliphatic rings. The van der Waals surface area contributed by atoms with E-state index in [-0.39, 0.29) is 49.9 Å². The van der Waals surface area contributed by atoms with E-state index in [2.05, 4.69) is 15.5 Å². The zero-order chi connectivity index (χ0) is 32.9. The van der Waals surface area contributed by atoms with E-state index in [0.717, 1.165) is 16.7 Å². The Morgan fingerprint density at radius 3 is 2.31 bits per heavy atom. The lowest BCUT2D eigenvalue weighted by molar-refractivity contribution is -0.151. The summed E-state index contributed by atoms with van der Waals surface area (Å²) in [6, 6.07) is 13.2. The predicted octanol–water partition coefficient (Wildman–Crippen LogP) is 3.61. The molecule has 0 radical (unpaired) electrons. The van der Waals surface area contributed by atoms with E-state index < -0.39 is 17.5 Å². The van der Waals surface area contributed by atoms with E-state index in [1.165, 1.54) is 4.90 Å². The highest BCUT2D eigenvalue weighted by molar-refractivity contribution is 5.87. The Labute approximate surface area is 263 Å². The molecule has 45 heavy (non-hydrogen) atoms. The van der Waals surface area contributed by atoms with Gasteiger partial charge in [0.05, 0.1) is 6.54 Å². The third kappa shape index (κ3) is 8.72. The number of likely N-dealkylation sites (N-methyl/N-ethyl adjacent to an activating group) is 1. The van der Waals surface area contributed by atoms with Gasteiger partial charge in [-0.25, -0.2) is 19.7 Å². The smallest absolute Gasteiger partial charge is 0.434 e. The van der Waals surface area contributed by atoms with Crippen molar-refractivity contribution in [3.8, 4) is 11.5 Å². The fourth-order valence-electron chi connectivity index (χ4n) is 4.93. The molecule has 2 heterocycles. The number of nitrogens with zero attached hydrogens (tertiary/aromatic N) is 5. The van der Waals surface area contributed by atoms with Crippen LogP contribution in [0.15, 0.2) is 51.7 Å². The number of H-pyrrole nitrogens is 1. The van der Waals surface area contributed by atoms with Gasteiger partial charge in [0.15, 0.2) is 0 Å². The van der Waals surface area contributed by atoms with E-state index in [0.29, 0.717) is 24.3 Å². The molecule has 2 N–H and O–H groups in total. The van der Waals surface area contributed by atoms with Gasteiger partial charge in [0.25, 0.3) is 5.91 Å². The molecule has 242 valence electrons. The number of aromatic nitrogens is 2. The zero-order valence-corrected chi connectivity index (χ0v) is 27.0. The minimum Gasteiger partial charge on any atom is -0.444 e. The number of carbonyl (C=O) groups is 3. The van der Waals surface area contributed by atoms with Crippen molar-refractivity contribution in [2.75, 3.05) is 38.5 Å². The van der Waals surface area contributed by atoms with Gasteiger partial charge in [0.2, 0.25) is 11.8 Å². The molecule has 0 aliphatic carbocycles. The highest BCUT2D eigenvalue weighted by Crippen LogP contribution is 2.24. The van der Waals surface area contributed by atoms with Crippen LogP contribution < -0.4 is 11.1 Å². The van der Waals surface area contributed by atoms with Crippen LogP contribution in [-0.2, 0) is 27.4 Å². The summed E-state index contributed by atoms with van der Waals surface area (Å²) in [6.45, 7) is 12.2. The Bertz CT molecular complexity index is 1550. The molecule has 4 rings (SSSR count). The average Bonchev–Trinajstić information content (AvgIpc) is 3.60. The van der Waals surface area contributed by atoms with E-state index in [4.69, 9.17) is 9.15 Å². The lowest BCUT2D eigenvalue weighted by Crippen LogP contribution is -2.51. The predicted molar refractivity (Wildman–Crippen MR) is 169 cm³/mol. The van der Waals surface area contributed by atoms with Gasteiger partial charge in [0.1, 0.15) is 12.1 Å². The first-order valence-corrected chi connectivity index (χ1v) is 15.0. The summed E-state index contributed by atoms with van der Waals surface area (Å²) in [5.74, 6) is -1.12. The lowest BCUT2D eigenvalue weighted by atomic mass is 10.1. The Morgan fingerprint density at radius 2 is 1.73 bits per heavy atom. The number of hydrogen-bond acceptors (Lipinski definition) is 9. The zero-order valence-electron chi connectivity index (χ0n) is 27.0. The molecule has 13 heteroatoms. The standard InChI is InChI=1S/C32H43N7O6/c1-21(2)39(31(43)45-32(4,5)6)15-14-37(20-28(41)36(7)38-18-24-10-8-9-11-25(24)19-38)27(40)17-33-26-16-23(13-12-22(26)3)29-34-35-30(42)44-29/h8-13,16,21,33H,14-15,17-20H2,1-7H3,(H,35,42). The maximum absolute atomic E-state index is 13.7. The number of fused-ring (bicyclic) bond motifs is 1. The van der Waals surface area contributed by atoms with Crippen LogP contribution in [0.2, 0.25) is 0 Å². The SMILES string of the molecule is Cc1ccc(-c2n[nH]c(=O)o2)cc1NCC(=O)N(CCN(C(=O)OC(C)(C)C)C(C)C)CC(=O)N(C)N1Cc2ccccc2C1. The van der Waals surface area contributed by atoms with E-state index in [1.54, 1.807) is 49.9 Å². The van der Waals surface area contributed by atoms with E-state index in [9.17, 15) is 19.2 Å². The lowest BCUT2D eigenvalue weighted by Gasteiger charge is -2.33. The number of aromatic amines is 1. The third-order valence-corrected chi connectivity index (χ3v) is 7.50. The second-order valence-electron chi connectivity index (χ2n) is 12.4. The normalized spacial score (nSPS) is 13.0. The number of amides is 3. The molecular weight excluding hydrogens is 578 g/mol. The molecule has 3 amide bonds. The van der Waals surface area contributed by atoms with E-state index in [1.807, 2.05) is 56.1 Å². The molecule has 0 atom stereocenters. The highest BCUT2D eigenvalue weighted by Gasteiger charge is 2.29. The van der Waals surface area contributed by atoms with Crippen LogP contribution in [0.3, 0.4) is 0 Å². The number of nitrogens with one attached hydrogen (secondary N) is 2. The Balaban J connectivity index is 1.49. The van der Waals surface area contributed by atoms with Crippen LogP contribution in [0.5, 0.6) is 0 Å². The second kappa shape index (κ2) is 14.0. The molecule has 0 saturated carbocycles. The van der Waals surface area contributed by atoms with Gasteiger partial charge in [-0.15, -0.1) is 5.10 Å². The maximum Gasteiger partial charge on any atom is 0.434 e. The molecule has 2 aromatic carbocycles. The largest absolute Gasteiger partial charge is 0.444 e. The summed E-state index contributed by atoms with van der Waals surface area (Å²) in [5, 5.41) is 12.8. The number of rotatable bonds is 11. The first kappa shape index (κ1) is 33.2. The van der Waals surface area contributed by atoms with Gasteiger partial charge in [-0.1, -0.05) is 30.3 Å². The summed E-state index contributed by atoms with van der Waals surface area (Å²) < 4.78 is 10.7. The van der Waals surface area contributed by atoms with Crippen molar-refractivity contribution >= 4 is 23.6 Å². The molecule has 1 aromatic heterocycles. The summed E-state index contributed by atoms with van der Waals surface area (Å²) in [4.78, 5) is 54.6. The van der Waals surface area contributed by atoms with Crippen molar-refractivity contribution in [2.24, 2.45) is 0 Å². The summed E-state index contributed by atoms with van der Waals surface area (Å²) in [6.07, 6.45) is -0.487. The van der Waals surface area contributed by atoms with Crippen LogP contribution in [0.4, 0.5) is 10.5 Å². The monoisotopic (exact) mass is 621 g/mol. The number of anilines is 1. The number of aryl methyl sites for hydroxylation is 1. The third-order valence-electron chi connectivity index (χ3n) is 7.50. The van der Waals surface area contributed by atoms with E-state index >= 15 is 0 Å². The molecule has 0 fully saturated rings. The Kier molecular flexibility index (Phi) is 10.3. The van der Waals surface area contributed by atoms with Gasteiger partial charge in [-0.05, 0) is 70.4 Å². The number of hydrazine groups is 1. The molecule has 3 aromatic rings. The van der Waals surface area contributed by atoms with Gasteiger partial charge in [0, 0.05) is 50.5 Å². The fraction of sp³-hybridized carbons (Fsp3) is 0.469. The van der Waals surface area contributed by atoms with Crippen molar-refractivity contribution in [3.63, 3.8) is 0 Å². The van der Waals surface area contributed by atoms with Crippen molar-refractivity contribution in [1.82, 2.24) is 30.0 Å². The van der Waals surface area contributed by atoms with Gasteiger partial charge < -0.3 is 24.3 Å². The molecule has 13 nitrogen and oxygen atoms in total. The molecule has 1 aliphatic heterocycles. The first-order valence-electron chi connectivity index (χ1n) is 15.0. The molecule has 0 saturated heterocycles. The highest BCUT2D eigenvalue weighted by atomic mass is 16.6. The average molecular weight is 622 g/mol. The number of hydrogen-bond donors (Lipinski definition) is 2. The minimum atomic E-state index is -0.680. The van der Waals surface area contributed by atoms with Crippen LogP contribution in [0.1, 0.15) is 51.3 Å². The van der Waals surface area contributed by atoms with Gasteiger partial charge in [-0.2, -0.15) is 0 Å². The second-order valence-corrected chi connectivity index (χ2v) is 12.4. The van der Waals surface area contributed by atoms with Crippen molar-refractivity contribution in [3.05, 3.63) is 69.7 Å². The summed E-state index contributed by atoms with van der Waals surface area (Å²) >= 11 is 0. The van der Waals surface area contributed by atoms with Gasteiger partial charge in [-0.3, -0.25) is 14.6 Å². The maximum atomic E-state index is 13.7. The van der Waals surface area contributed by atoms with Crippen molar-refractivity contribution < 1.29 is 23.5 Å². The van der Waals surface area contributed by atoms with Gasteiger partial charge >= 0.3 is 11.8 Å². The number of ether oxygens (including phenoxy) is 1. The summed E-state index contributed by atoms with van der Waals surface area (Å²) in [5.41, 5.74) is 3.69. The van der Waals surface area contributed by atoms with Crippen molar-refractivity contribution in [2.45, 2.75) is 66.3 Å². The molecule has 0 bridgehead atoms. The topological polar surface area (TPSA) is 144 Å². The number of carbonyl (C=O) groups excluding carboxylic acids is 3. The molecular formula is C32H43N7O6. The quantitative estimate of drug-likeness (QED) is 0.328. The molecule has 0 unspecified atom stereocenters. The Hall–Kier alpha value is -4.65. The van der Waals surface area contributed by atoms with Crippen LogP contribution in [0.25, 0.3) is 11.5 Å². The van der Waals surface area contributed by atoms with Crippen LogP contribution in [0, 0.1) is 6.92 Å². The van der Waals surface area contributed by atoms with Crippen molar-refractivity contribution in [1.29, 1.82) is 0 Å². The first-order chi connectivity index (χ1) is 21.2. The summed E-state index contributed by atoms with van der Waals surface area (Å²) in [7, 11) is 1.71. The minimum absolute atomic E-state index is 0.116. The fourth-order valence-corrected chi connectivity index (χ4v) is 4.93.